The number of rotatable bonds is 7. The number of hydrogen-bond donors (Lipinski definition) is 0. The Morgan fingerprint density at radius 2 is 1.64 bits per heavy atom. The van der Waals surface area contributed by atoms with Gasteiger partial charge in [-0.25, -0.2) is 0 Å². The van der Waals surface area contributed by atoms with Gasteiger partial charge in [-0.2, -0.15) is 13.2 Å². The molecular weight excluding hydrogens is 571 g/mol. The van der Waals surface area contributed by atoms with Crippen LogP contribution in [0.3, 0.4) is 0 Å². The van der Waals surface area contributed by atoms with E-state index in [0.717, 1.165) is 17.3 Å². The van der Waals surface area contributed by atoms with E-state index in [9.17, 15) is 27.6 Å². The Kier molecular flexibility index (Phi) is 8.62. The molecule has 0 saturated heterocycles. The van der Waals surface area contributed by atoms with Crippen molar-refractivity contribution in [2.45, 2.75) is 39.5 Å². The molecule has 0 aliphatic carbocycles. The Morgan fingerprint density at radius 3 is 2.36 bits per heavy atom. The van der Waals surface area contributed by atoms with E-state index in [1.807, 2.05) is 34.9 Å². The van der Waals surface area contributed by atoms with Gasteiger partial charge in [-0.15, -0.1) is 0 Å². The van der Waals surface area contributed by atoms with Crippen LogP contribution in [0.15, 0.2) is 78.9 Å². The zero-order chi connectivity index (χ0) is 31.6. The zero-order valence-corrected chi connectivity index (χ0v) is 24.6. The number of amides is 2. The molecule has 0 N–H and O–H groups in total. The molecule has 1 aliphatic heterocycles. The minimum absolute atomic E-state index is 0.0583. The van der Waals surface area contributed by atoms with Crippen molar-refractivity contribution in [1.29, 1.82) is 0 Å². The maximum Gasteiger partial charge on any atom is 0.417 e. The number of carbonyl (C=O) groups excluding carboxylic acids is 3. The highest BCUT2D eigenvalue weighted by Crippen LogP contribution is 2.38. The average Bonchev–Trinajstić information content (AvgIpc) is 3.30. The maximum absolute atomic E-state index is 14.0. The zero-order valence-electron chi connectivity index (χ0n) is 24.6. The fourth-order valence-corrected chi connectivity index (χ4v) is 5.56. The van der Waals surface area contributed by atoms with Crippen molar-refractivity contribution in [2.24, 2.45) is 0 Å². The summed E-state index contributed by atoms with van der Waals surface area (Å²) < 4.78 is 48.0. The molecule has 1 aromatic heterocycles. The van der Waals surface area contributed by atoms with E-state index in [2.05, 4.69) is 0 Å². The normalized spacial score (nSPS) is 12.6. The first-order valence-corrected chi connectivity index (χ1v) is 14.2. The molecule has 0 spiro atoms. The van der Waals surface area contributed by atoms with Crippen molar-refractivity contribution in [3.63, 3.8) is 0 Å². The molecule has 0 atom stereocenters. The summed E-state index contributed by atoms with van der Waals surface area (Å²) in [6.45, 7) is 4.22. The third-order valence-corrected chi connectivity index (χ3v) is 7.75. The van der Waals surface area contributed by atoms with Crippen LogP contribution in [0.1, 0.15) is 56.6 Å². The number of carbonyl (C=O) groups is 3. The van der Waals surface area contributed by atoms with E-state index in [-0.39, 0.29) is 36.5 Å². The van der Waals surface area contributed by atoms with Crippen molar-refractivity contribution in [1.82, 2.24) is 9.47 Å². The third kappa shape index (κ3) is 6.24. The number of aromatic nitrogens is 1. The van der Waals surface area contributed by atoms with E-state index in [0.29, 0.717) is 47.6 Å². The predicted molar refractivity (Wildman–Crippen MR) is 160 cm³/mol. The lowest BCUT2D eigenvalue weighted by Crippen LogP contribution is -2.31. The van der Waals surface area contributed by atoms with Crippen LogP contribution in [0.4, 0.5) is 18.9 Å². The largest absolute Gasteiger partial charge is 0.466 e. The van der Waals surface area contributed by atoms with Crippen LogP contribution < -0.4 is 4.90 Å². The summed E-state index contributed by atoms with van der Waals surface area (Å²) in [7, 11) is 1.69. The summed E-state index contributed by atoms with van der Waals surface area (Å²) in [6, 6.07) is 21.2. The molecule has 1 aliphatic rings. The number of nitrogens with zero attached hydrogens (tertiary/aromatic N) is 3. The number of esters is 1. The first kappa shape index (κ1) is 30.6. The summed E-state index contributed by atoms with van der Waals surface area (Å²) in [4.78, 5) is 41.7. The molecule has 0 radical (unpaired) electrons. The molecular formula is C34H32F3N3O4. The molecule has 10 heteroatoms. The second-order valence-electron chi connectivity index (χ2n) is 10.8. The van der Waals surface area contributed by atoms with Crippen molar-refractivity contribution in [3.8, 4) is 11.1 Å². The van der Waals surface area contributed by atoms with Gasteiger partial charge in [0.05, 0.1) is 25.3 Å². The molecule has 0 unspecified atom stereocenters. The lowest BCUT2D eigenvalue weighted by Gasteiger charge is -2.23. The van der Waals surface area contributed by atoms with Crippen LogP contribution in [0.25, 0.3) is 11.1 Å². The summed E-state index contributed by atoms with van der Waals surface area (Å²) >= 11 is 0. The summed E-state index contributed by atoms with van der Waals surface area (Å²) in [5.41, 5.74) is 3.39. The quantitative estimate of drug-likeness (QED) is 0.174. The van der Waals surface area contributed by atoms with Crippen molar-refractivity contribution in [2.75, 3.05) is 25.1 Å². The van der Waals surface area contributed by atoms with E-state index < -0.39 is 11.7 Å². The Hall–Kier alpha value is -4.86. The third-order valence-electron chi connectivity index (χ3n) is 7.75. The molecule has 7 nitrogen and oxygen atoms in total. The Balaban J connectivity index is 1.43. The van der Waals surface area contributed by atoms with Crippen molar-refractivity contribution < 1.29 is 32.3 Å². The molecule has 2 amide bonds. The molecule has 4 aromatic rings. The molecule has 44 heavy (non-hydrogen) atoms. The SMILES string of the molecule is CC(=O)OCCCN(C)C(=O)c1ccc2n1Cc1ccccc1N(C(=O)c1ccc(-c3ccccc3C(F)(F)F)c(C)c1)C2. The van der Waals surface area contributed by atoms with Gasteiger partial charge in [0.25, 0.3) is 11.8 Å². The standard InChI is InChI=1S/C34H32F3N3O4/c1-22-19-24(13-15-27(22)28-10-5-6-11-29(28)34(35,36)37)32(42)40-21-26-14-16-31(33(43)38(3)17-8-18-44-23(2)41)39(26)20-25-9-4-7-12-30(25)40/h4-7,9-16,19H,8,17-18,20-21H2,1-3H3. The monoisotopic (exact) mass is 603 g/mol. The molecule has 0 bridgehead atoms. The number of anilines is 1. The van der Waals surface area contributed by atoms with Crippen LogP contribution in [-0.2, 0) is 28.8 Å². The summed E-state index contributed by atoms with van der Waals surface area (Å²) in [6.07, 6.45) is -4.01. The number of alkyl halides is 3. The Bertz CT molecular complexity index is 1730. The minimum Gasteiger partial charge on any atom is -0.466 e. The van der Waals surface area contributed by atoms with Crippen LogP contribution in [-0.4, -0.2) is 47.4 Å². The number of aryl methyl sites for hydroxylation is 1. The number of ether oxygens (including phenoxy) is 1. The van der Waals surface area contributed by atoms with Gasteiger partial charge in [0.2, 0.25) is 0 Å². The van der Waals surface area contributed by atoms with Gasteiger partial charge in [0.1, 0.15) is 5.69 Å². The van der Waals surface area contributed by atoms with Crippen molar-refractivity contribution in [3.05, 3.63) is 113 Å². The molecule has 0 saturated carbocycles. The number of fused-ring (bicyclic) bond motifs is 2. The number of para-hydroxylation sites is 1. The smallest absolute Gasteiger partial charge is 0.417 e. The Labute approximate surface area is 253 Å². The first-order valence-electron chi connectivity index (χ1n) is 14.2. The van der Waals surface area contributed by atoms with E-state index >= 15 is 0 Å². The van der Waals surface area contributed by atoms with Crippen LogP contribution in [0, 0.1) is 6.92 Å². The van der Waals surface area contributed by atoms with Gasteiger partial charge in [0, 0.05) is 37.5 Å². The highest BCUT2D eigenvalue weighted by atomic mass is 19.4. The van der Waals surface area contributed by atoms with Crippen LogP contribution in [0.2, 0.25) is 0 Å². The van der Waals surface area contributed by atoms with E-state index in [1.54, 1.807) is 54.1 Å². The molecule has 0 fully saturated rings. The number of hydrogen-bond acceptors (Lipinski definition) is 4. The van der Waals surface area contributed by atoms with E-state index in [4.69, 9.17) is 4.74 Å². The highest BCUT2D eigenvalue weighted by Gasteiger charge is 2.34. The lowest BCUT2D eigenvalue weighted by molar-refractivity contribution is -0.141. The van der Waals surface area contributed by atoms with Crippen molar-refractivity contribution >= 4 is 23.5 Å². The maximum atomic E-state index is 14.0. The van der Waals surface area contributed by atoms with Gasteiger partial charge >= 0.3 is 12.1 Å². The predicted octanol–water partition coefficient (Wildman–Crippen LogP) is 6.72. The highest BCUT2D eigenvalue weighted by molar-refractivity contribution is 6.07. The molecule has 2 heterocycles. The van der Waals surface area contributed by atoms with E-state index in [1.165, 1.54) is 19.1 Å². The minimum atomic E-state index is -4.51. The topological polar surface area (TPSA) is 71.8 Å². The fourth-order valence-electron chi connectivity index (χ4n) is 5.56. The number of benzene rings is 3. The van der Waals surface area contributed by atoms with Crippen LogP contribution in [0.5, 0.6) is 0 Å². The first-order chi connectivity index (χ1) is 21.0. The molecule has 5 rings (SSSR count). The lowest BCUT2D eigenvalue weighted by atomic mass is 9.94. The second kappa shape index (κ2) is 12.4. The van der Waals surface area contributed by atoms with Gasteiger partial charge in [0.15, 0.2) is 0 Å². The summed E-state index contributed by atoms with van der Waals surface area (Å²) in [5, 5.41) is 0. The fraction of sp³-hybridized carbons (Fsp3) is 0.265. The van der Waals surface area contributed by atoms with Gasteiger partial charge in [-0.05, 0) is 72.0 Å². The van der Waals surface area contributed by atoms with Gasteiger partial charge in [-0.3, -0.25) is 14.4 Å². The second-order valence-corrected chi connectivity index (χ2v) is 10.8. The number of halogens is 3. The average molecular weight is 604 g/mol. The molecule has 228 valence electrons. The Morgan fingerprint density at radius 1 is 0.909 bits per heavy atom. The van der Waals surface area contributed by atoms with Gasteiger partial charge < -0.3 is 19.1 Å². The van der Waals surface area contributed by atoms with Crippen LogP contribution >= 0.6 is 0 Å². The van der Waals surface area contributed by atoms with Gasteiger partial charge in [-0.1, -0.05) is 42.5 Å². The molecule has 3 aromatic carbocycles. The summed E-state index contributed by atoms with van der Waals surface area (Å²) in [5.74, 6) is -0.866.